The van der Waals surface area contributed by atoms with E-state index in [0.717, 1.165) is 42.7 Å². The zero-order chi connectivity index (χ0) is 33.6. The van der Waals surface area contributed by atoms with Crippen molar-refractivity contribution in [2.75, 3.05) is 63.6 Å². The number of anilines is 2. The summed E-state index contributed by atoms with van der Waals surface area (Å²) < 4.78 is 7.43. The molecule has 0 saturated carbocycles. The van der Waals surface area contributed by atoms with Crippen molar-refractivity contribution in [3.63, 3.8) is 0 Å². The highest BCUT2D eigenvalue weighted by atomic mass is 16.5. The Morgan fingerprint density at radius 1 is 1.06 bits per heavy atom. The fourth-order valence-electron chi connectivity index (χ4n) is 7.79. The molecule has 3 aliphatic heterocycles. The number of rotatable bonds is 8. The lowest BCUT2D eigenvalue weighted by Crippen LogP contribution is -2.63. The molecule has 4 aromatic rings. The van der Waals surface area contributed by atoms with Crippen molar-refractivity contribution in [3.05, 3.63) is 60.0 Å². The van der Waals surface area contributed by atoms with Gasteiger partial charge in [0.2, 0.25) is 5.95 Å². The molecule has 0 radical (unpaired) electrons. The summed E-state index contributed by atoms with van der Waals surface area (Å²) in [6, 6.07) is 12.2. The normalized spacial score (nSPS) is 19.1. The molecule has 3 aliphatic rings. The number of carbonyl (C=O) groups is 1. The molecule has 6 heterocycles. The van der Waals surface area contributed by atoms with Gasteiger partial charge in [-0.1, -0.05) is 0 Å². The Labute approximate surface area is 282 Å². The number of nitrogens with one attached hydrogen (secondary N) is 1. The van der Waals surface area contributed by atoms with Gasteiger partial charge in [-0.15, -0.1) is 0 Å². The Bertz CT molecular complexity index is 1790. The molecule has 0 bridgehead atoms. The molecule has 2 N–H and O–H groups in total. The van der Waals surface area contributed by atoms with E-state index < -0.39 is 5.60 Å². The van der Waals surface area contributed by atoms with Crippen LogP contribution in [0.5, 0.6) is 5.75 Å². The third-order valence-corrected chi connectivity index (χ3v) is 10.5. The SMILES string of the molecule is COc1ccncc1-c1cc(C(=O)Nc2nc3ccc(N4CCC(N5CC6(CCN(C)CC6)C5)CC4)cc3n2CC(C)(C)O)cc(C)n1. The lowest BCUT2D eigenvalue weighted by molar-refractivity contribution is -0.0704. The number of piperidine rings is 2. The van der Waals surface area contributed by atoms with E-state index in [9.17, 15) is 9.90 Å². The van der Waals surface area contributed by atoms with E-state index >= 15 is 0 Å². The molecule has 3 aromatic heterocycles. The number of ether oxygens (including phenoxy) is 1. The number of pyridine rings is 2. The van der Waals surface area contributed by atoms with Crippen molar-refractivity contribution in [2.45, 2.75) is 64.6 Å². The molecular formula is C37H48N8O3. The number of aryl methyl sites for hydroxylation is 1. The van der Waals surface area contributed by atoms with Gasteiger partial charge in [-0.25, -0.2) is 4.98 Å². The summed E-state index contributed by atoms with van der Waals surface area (Å²) in [6.07, 6.45) is 8.34. The second-order valence-corrected chi connectivity index (χ2v) is 14.8. The van der Waals surface area contributed by atoms with Gasteiger partial charge in [-0.3, -0.25) is 25.0 Å². The lowest BCUT2D eigenvalue weighted by atomic mass is 9.71. The number of carbonyl (C=O) groups excluding carboxylic acids is 1. The van der Waals surface area contributed by atoms with Crippen LogP contribution < -0.4 is 15.0 Å². The van der Waals surface area contributed by atoms with Crippen LogP contribution in [-0.4, -0.2) is 105 Å². The van der Waals surface area contributed by atoms with Gasteiger partial charge in [0.05, 0.1) is 41.5 Å². The number of methoxy groups -OCH3 is 1. The average molecular weight is 653 g/mol. The van der Waals surface area contributed by atoms with Gasteiger partial charge < -0.3 is 24.2 Å². The molecule has 0 unspecified atom stereocenters. The Kier molecular flexibility index (Phi) is 8.63. The number of nitrogens with zero attached hydrogens (tertiary/aromatic N) is 7. The molecule has 3 fully saturated rings. The molecular weight excluding hydrogens is 604 g/mol. The molecule has 1 aromatic carbocycles. The van der Waals surface area contributed by atoms with Crippen LogP contribution in [0.2, 0.25) is 0 Å². The van der Waals surface area contributed by atoms with Crippen LogP contribution in [-0.2, 0) is 6.54 Å². The molecule has 7 rings (SSSR count). The minimum Gasteiger partial charge on any atom is -0.496 e. The highest BCUT2D eigenvalue weighted by Crippen LogP contribution is 2.42. The van der Waals surface area contributed by atoms with Crippen molar-refractivity contribution in [1.29, 1.82) is 0 Å². The maximum atomic E-state index is 13.7. The minimum absolute atomic E-state index is 0.269. The molecule has 11 nitrogen and oxygen atoms in total. The largest absolute Gasteiger partial charge is 0.496 e. The molecule has 1 spiro atoms. The number of hydrogen-bond acceptors (Lipinski definition) is 9. The lowest BCUT2D eigenvalue weighted by Gasteiger charge is -2.57. The Hall–Kier alpha value is -4.06. The first-order chi connectivity index (χ1) is 23.0. The van der Waals surface area contributed by atoms with E-state index in [0.29, 0.717) is 45.7 Å². The number of imidazole rings is 1. The molecule has 0 aliphatic carbocycles. The van der Waals surface area contributed by atoms with Crippen molar-refractivity contribution in [3.8, 4) is 17.0 Å². The van der Waals surface area contributed by atoms with E-state index in [1.807, 2.05) is 17.6 Å². The number of amides is 1. The zero-order valence-corrected chi connectivity index (χ0v) is 28.9. The van der Waals surface area contributed by atoms with Gasteiger partial charge in [-0.2, -0.15) is 0 Å². The predicted octanol–water partition coefficient (Wildman–Crippen LogP) is 4.83. The van der Waals surface area contributed by atoms with E-state index in [4.69, 9.17) is 9.72 Å². The van der Waals surface area contributed by atoms with E-state index in [1.54, 1.807) is 51.6 Å². The van der Waals surface area contributed by atoms with Crippen molar-refractivity contribution in [1.82, 2.24) is 29.3 Å². The second-order valence-electron chi connectivity index (χ2n) is 14.8. The number of fused-ring (bicyclic) bond motifs is 1. The third kappa shape index (κ3) is 6.63. The van der Waals surface area contributed by atoms with Crippen LogP contribution in [0.3, 0.4) is 0 Å². The fourth-order valence-corrected chi connectivity index (χ4v) is 7.79. The van der Waals surface area contributed by atoms with Gasteiger partial charge in [0.1, 0.15) is 5.75 Å². The van der Waals surface area contributed by atoms with Crippen molar-refractivity contribution in [2.24, 2.45) is 5.41 Å². The monoisotopic (exact) mass is 652 g/mol. The van der Waals surface area contributed by atoms with Gasteiger partial charge in [0.15, 0.2) is 0 Å². The van der Waals surface area contributed by atoms with E-state index in [-0.39, 0.29) is 12.5 Å². The van der Waals surface area contributed by atoms with E-state index in [1.165, 1.54) is 39.0 Å². The first-order valence-corrected chi connectivity index (χ1v) is 17.2. The summed E-state index contributed by atoms with van der Waals surface area (Å²) in [5, 5.41) is 13.9. The summed E-state index contributed by atoms with van der Waals surface area (Å²) in [4.78, 5) is 35.1. The van der Waals surface area contributed by atoms with E-state index in [2.05, 4.69) is 49.2 Å². The molecule has 11 heteroatoms. The Balaban J connectivity index is 1.09. The Morgan fingerprint density at radius 2 is 1.81 bits per heavy atom. The highest BCUT2D eigenvalue weighted by molar-refractivity contribution is 6.05. The van der Waals surface area contributed by atoms with Gasteiger partial charge in [0.25, 0.3) is 5.91 Å². The number of likely N-dealkylation sites (tertiary alicyclic amines) is 2. The first-order valence-electron chi connectivity index (χ1n) is 17.2. The Morgan fingerprint density at radius 3 is 2.52 bits per heavy atom. The number of hydrogen-bond donors (Lipinski definition) is 2. The molecule has 3 saturated heterocycles. The molecule has 0 atom stereocenters. The smallest absolute Gasteiger partial charge is 0.258 e. The number of aromatic nitrogens is 4. The topological polar surface area (TPSA) is 112 Å². The third-order valence-electron chi connectivity index (χ3n) is 10.5. The zero-order valence-electron chi connectivity index (χ0n) is 28.9. The fraction of sp³-hybridized carbons (Fsp3) is 0.514. The number of benzene rings is 1. The summed E-state index contributed by atoms with van der Waals surface area (Å²) in [7, 11) is 3.84. The second kappa shape index (κ2) is 12.8. The van der Waals surface area contributed by atoms with Crippen LogP contribution in [0.4, 0.5) is 11.6 Å². The average Bonchev–Trinajstić information content (AvgIpc) is 3.38. The maximum Gasteiger partial charge on any atom is 0.258 e. The van der Waals surface area contributed by atoms with Gasteiger partial charge in [0, 0.05) is 61.6 Å². The summed E-state index contributed by atoms with van der Waals surface area (Å²) in [5.41, 5.74) is 4.76. The quantitative estimate of drug-likeness (QED) is 0.277. The highest BCUT2D eigenvalue weighted by Gasteiger charge is 2.46. The standard InChI is InChI=1S/C37H48N8O3/c1-25-18-26(19-31(39-25)29-21-38-13-8-33(29)48-5)34(46)41-35-40-30-7-6-28(20-32(30)45(35)22-36(2,3)47)43-14-9-27(10-15-43)44-23-37(24-44)11-16-42(4)17-12-37/h6-8,13,18-21,27,47H,9-12,14-17,22-24H2,1-5H3,(H,40,41,46). The molecule has 1 amide bonds. The number of aliphatic hydroxyl groups is 1. The minimum atomic E-state index is -1.03. The van der Waals surface area contributed by atoms with Gasteiger partial charge in [-0.05, 0) is 108 Å². The van der Waals surface area contributed by atoms with Crippen LogP contribution in [0, 0.1) is 12.3 Å². The van der Waals surface area contributed by atoms with Crippen LogP contribution in [0.25, 0.3) is 22.3 Å². The summed E-state index contributed by atoms with van der Waals surface area (Å²) in [6.45, 7) is 12.7. The van der Waals surface area contributed by atoms with Crippen LogP contribution in [0.1, 0.15) is 55.6 Å². The molecule has 254 valence electrons. The van der Waals surface area contributed by atoms with Crippen molar-refractivity contribution < 1.29 is 14.6 Å². The van der Waals surface area contributed by atoms with Crippen LogP contribution >= 0.6 is 0 Å². The first kappa shape index (κ1) is 32.5. The van der Waals surface area contributed by atoms with Crippen LogP contribution in [0.15, 0.2) is 48.8 Å². The summed E-state index contributed by atoms with van der Waals surface area (Å²) in [5.74, 6) is 0.707. The predicted molar refractivity (Wildman–Crippen MR) is 189 cm³/mol. The maximum absolute atomic E-state index is 13.7. The molecule has 48 heavy (non-hydrogen) atoms. The van der Waals surface area contributed by atoms with Gasteiger partial charge >= 0.3 is 0 Å². The van der Waals surface area contributed by atoms with Crippen molar-refractivity contribution >= 4 is 28.6 Å². The summed E-state index contributed by atoms with van der Waals surface area (Å²) >= 11 is 0.